The van der Waals surface area contributed by atoms with Crippen LogP contribution in [-0.2, 0) is 19.4 Å². The normalized spacial score (nSPS) is 13.2. The largest absolute Gasteiger partial charge is 0.397 e. The summed E-state index contributed by atoms with van der Waals surface area (Å²) in [5, 5.41) is 3.86. The van der Waals surface area contributed by atoms with Crippen LogP contribution < -0.4 is 11.1 Å². The number of fused-ring (bicyclic) bond motifs is 2. The molecule has 0 unspecified atom stereocenters. The molecule has 4 nitrogen and oxygen atoms in total. The van der Waals surface area contributed by atoms with E-state index in [0.717, 1.165) is 40.7 Å². The van der Waals surface area contributed by atoms with E-state index in [1.54, 1.807) is 0 Å². The van der Waals surface area contributed by atoms with Gasteiger partial charge in [-0.2, -0.15) is 0 Å². The fraction of sp³-hybridized carbons (Fsp3) is 0.222. The van der Waals surface area contributed by atoms with Crippen molar-refractivity contribution in [3.05, 3.63) is 58.1 Å². The second-order valence-corrected chi connectivity index (χ2v) is 6.81. The number of nitrogens with zero attached hydrogens (tertiary/aromatic N) is 1. The number of nitrogens with one attached hydrogen (secondary N) is 1. The molecular weight excluding hydrogens is 306 g/mol. The van der Waals surface area contributed by atoms with Gasteiger partial charge in [-0.15, -0.1) is 11.3 Å². The fourth-order valence-corrected chi connectivity index (χ4v) is 4.04. The topological polar surface area (TPSA) is 68.0 Å². The molecular formula is C18H17N3OS. The summed E-state index contributed by atoms with van der Waals surface area (Å²) in [6.45, 7) is 0.497. The number of nitrogens with two attached hydrogens (primary N) is 1. The SMILES string of the molecule is Nc1c(C(=O)NCc2ccccc2)sc2nc3c(cc12)CCC3. The summed E-state index contributed by atoms with van der Waals surface area (Å²) in [6, 6.07) is 12.0. The van der Waals surface area contributed by atoms with Gasteiger partial charge < -0.3 is 11.1 Å². The van der Waals surface area contributed by atoms with Gasteiger partial charge in [0.15, 0.2) is 0 Å². The van der Waals surface area contributed by atoms with Crippen LogP contribution in [0.15, 0.2) is 36.4 Å². The van der Waals surface area contributed by atoms with E-state index in [0.29, 0.717) is 17.1 Å². The van der Waals surface area contributed by atoms with Crippen LogP contribution in [0.4, 0.5) is 5.69 Å². The van der Waals surface area contributed by atoms with Gasteiger partial charge in [0.25, 0.3) is 5.91 Å². The predicted octanol–water partition coefficient (Wildman–Crippen LogP) is 3.30. The van der Waals surface area contributed by atoms with Crippen molar-refractivity contribution in [2.24, 2.45) is 0 Å². The number of carbonyl (C=O) groups excluding carboxylic acids is 1. The third-order valence-electron chi connectivity index (χ3n) is 4.25. The molecule has 0 saturated carbocycles. The van der Waals surface area contributed by atoms with Crippen molar-refractivity contribution in [1.29, 1.82) is 0 Å². The Balaban J connectivity index is 1.61. The second kappa shape index (κ2) is 5.66. The number of amides is 1. The maximum atomic E-state index is 12.5. The monoisotopic (exact) mass is 323 g/mol. The Kier molecular flexibility index (Phi) is 3.50. The molecule has 0 atom stereocenters. The van der Waals surface area contributed by atoms with E-state index in [4.69, 9.17) is 10.7 Å². The van der Waals surface area contributed by atoms with Crippen LogP contribution in [0.25, 0.3) is 10.2 Å². The molecule has 1 aliphatic rings. The molecule has 0 aliphatic heterocycles. The highest BCUT2D eigenvalue weighted by Gasteiger charge is 2.20. The van der Waals surface area contributed by atoms with Crippen molar-refractivity contribution in [3.63, 3.8) is 0 Å². The van der Waals surface area contributed by atoms with Crippen molar-refractivity contribution in [2.45, 2.75) is 25.8 Å². The third-order valence-corrected chi connectivity index (χ3v) is 5.37. The molecule has 3 aromatic rings. The van der Waals surface area contributed by atoms with Crippen LogP contribution in [0.1, 0.15) is 32.9 Å². The maximum absolute atomic E-state index is 12.5. The van der Waals surface area contributed by atoms with E-state index in [1.807, 2.05) is 30.3 Å². The molecule has 2 heterocycles. The highest BCUT2D eigenvalue weighted by molar-refractivity contribution is 7.21. The molecule has 0 saturated heterocycles. The Morgan fingerprint density at radius 2 is 2.09 bits per heavy atom. The second-order valence-electron chi connectivity index (χ2n) is 5.81. The molecule has 0 fully saturated rings. The summed E-state index contributed by atoms with van der Waals surface area (Å²) in [5.41, 5.74) is 10.3. The van der Waals surface area contributed by atoms with Crippen LogP contribution in [-0.4, -0.2) is 10.9 Å². The first-order valence-electron chi connectivity index (χ1n) is 7.75. The Bertz CT molecular complexity index is 886. The van der Waals surface area contributed by atoms with Gasteiger partial charge in [0, 0.05) is 17.6 Å². The first-order chi connectivity index (χ1) is 11.2. The number of carbonyl (C=O) groups is 1. The van der Waals surface area contributed by atoms with Gasteiger partial charge in [-0.05, 0) is 36.5 Å². The van der Waals surface area contributed by atoms with Crippen molar-refractivity contribution >= 4 is 33.1 Å². The number of rotatable bonds is 3. The van der Waals surface area contributed by atoms with Gasteiger partial charge >= 0.3 is 0 Å². The smallest absolute Gasteiger partial charge is 0.263 e. The Morgan fingerprint density at radius 1 is 1.26 bits per heavy atom. The van der Waals surface area contributed by atoms with Crippen molar-refractivity contribution < 1.29 is 4.79 Å². The molecule has 23 heavy (non-hydrogen) atoms. The highest BCUT2D eigenvalue weighted by Crippen LogP contribution is 2.35. The van der Waals surface area contributed by atoms with Crippen LogP contribution in [0.2, 0.25) is 0 Å². The average Bonchev–Trinajstić information content (AvgIpc) is 3.16. The summed E-state index contributed by atoms with van der Waals surface area (Å²) in [7, 11) is 0. The molecule has 4 rings (SSSR count). The molecule has 2 aromatic heterocycles. The zero-order valence-electron chi connectivity index (χ0n) is 12.6. The quantitative estimate of drug-likeness (QED) is 0.777. The van der Waals surface area contributed by atoms with Crippen molar-refractivity contribution in [1.82, 2.24) is 10.3 Å². The lowest BCUT2D eigenvalue weighted by molar-refractivity contribution is 0.0956. The minimum absolute atomic E-state index is 0.130. The minimum atomic E-state index is -0.130. The lowest BCUT2D eigenvalue weighted by Gasteiger charge is -2.04. The average molecular weight is 323 g/mol. The zero-order valence-corrected chi connectivity index (χ0v) is 13.5. The molecule has 3 N–H and O–H groups in total. The van der Waals surface area contributed by atoms with Gasteiger partial charge in [0.2, 0.25) is 0 Å². The summed E-state index contributed by atoms with van der Waals surface area (Å²) in [4.78, 5) is 18.6. The van der Waals surface area contributed by atoms with Gasteiger partial charge in [0.1, 0.15) is 9.71 Å². The molecule has 1 aromatic carbocycles. The Morgan fingerprint density at radius 3 is 2.91 bits per heavy atom. The standard InChI is InChI=1S/C18H17N3OS/c19-15-13-9-12-7-4-8-14(12)21-18(13)23-16(15)17(22)20-10-11-5-2-1-3-6-11/h1-3,5-6,9H,4,7-8,10,19H2,(H,20,22). The molecule has 0 spiro atoms. The van der Waals surface area contributed by atoms with Crippen LogP contribution in [0.3, 0.4) is 0 Å². The first-order valence-corrected chi connectivity index (χ1v) is 8.57. The number of pyridine rings is 1. The summed E-state index contributed by atoms with van der Waals surface area (Å²) in [6.07, 6.45) is 3.24. The minimum Gasteiger partial charge on any atom is -0.397 e. The van der Waals surface area contributed by atoms with Gasteiger partial charge in [-0.25, -0.2) is 4.98 Å². The molecule has 0 radical (unpaired) electrons. The molecule has 116 valence electrons. The van der Waals surface area contributed by atoms with Crippen LogP contribution >= 0.6 is 11.3 Å². The summed E-state index contributed by atoms with van der Waals surface area (Å²) in [5.74, 6) is -0.130. The lowest BCUT2D eigenvalue weighted by Crippen LogP contribution is -2.22. The number of hydrogen-bond donors (Lipinski definition) is 2. The Hall–Kier alpha value is -2.40. The number of benzene rings is 1. The lowest BCUT2D eigenvalue weighted by atomic mass is 10.1. The van der Waals surface area contributed by atoms with E-state index < -0.39 is 0 Å². The number of aromatic nitrogens is 1. The van der Waals surface area contributed by atoms with Crippen molar-refractivity contribution in [3.8, 4) is 0 Å². The van der Waals surface area contributed by atoms with Crippen LogP contribution in [0, 0.1) is 0 Å². The third kappa shape index (κ3) is 2.57. The zero-order chi connectivity index (χ0) is 15.8. The van der Waals surface area contributed by atoms with Gasteiger partial charge in [-0.1, -0.05) is 30.3 Å². The first kappa shape index (κ1) is 14.2. The highest BCUT2D eigenvalue weighted by atomic mass is 32.1. The number of aryl methyl sites for hydroxylation is 2. The van der Waals surface area contributed by atoms with E-state index in [2.05, 4.69) is 11.4 Å². The van der Waals surface area contributed by atoms with E-state index in [-0.39, 0.29) is 5.91 Å². The van der Waals surface area contributed by atoms with E-state index in [1.165, 1.54) is 16.9 Å². The number of thiophene rings is 1. The maximum Gasteiger partial charge on any atom is 0.263 e. The summed E-state index contributed by atoms with van der Waals surface area (Å²) < 4.78 is 0. The predicted molar refractivity (Wildman–Crippen MR) is 93.7 cm³/mol. The number of nitrogen functional groups attached to an aromatic ring is 1. The summed E-state index contributed by atoms with van der Waals surface area (Å²) >= 11 is 1.39. The van der Waals surface area contributed by atoms with Gasteiger partial charge in [0.05, 0.1) is 5.69 Å². The fourth-order valence-electron chi connectivity index (χ4n) is 3.02. The molecule has 1 amide bonds. The van der Waals surface area contributed by atoms with Crippen molar-refractivity contribution in [2.75, 3.05) is 5.73 Å². The number of anilines is 1. The van der Waals surface area contributed by atoms with Gasteiger partial charge in [-0.3, -0.25) is 4.79 Å². The number of hydrogen-bond acceptors (Lipinski definition) is 4. The van der Waals surface area contributed by atoms with E-state index >= 15 is 0 Å². The Labute approximate surface area is 138 Å². The van der Waals surface area contributed by atoms with E-state index in [9.17, 15) is 4.79 Å². The molecule has 5 heteroatoms. The van der Waals surface area contributed by atoms with Crippen LogP contribution in [0.5, 0.6) is 0 Å². The molecule has 0 bridgehead atoms. The molecule has 1 aliphatic carbocycles.